The second-order valence-electron chi connectivity index (χ2n) is 18.2. The number of pyridine rings is 1. The molecule has 0 saturated carbocycles. The molecule has 6 heterocycles. The Hall–Kier alpha value is -7.28. The van der Waals surface area contributed by atoms with E-state index in [0.717, 1.165) is 51.4 Å². The van der Waals surface area contributed by atoms with Crippen molar-refractivity contribution in [3.63, 3.8) is 0 Å². The SMILES string of the molecule is Cc1ncsc1-c1ccc(CNC(=O)[C@@H]2CCCN2C(=O)C(C(C)C)N2Cc3ccccc3C2=O)c(OCCOCCOCCCc2ccc(COc3ccc4oc(-c5ccc(=O)n(C)n5)nc4c3)nc2)c1. The Balaban J connectivity index is 0.695. The van der Waals surface area contributed by atoms with Gasteiger partial charge in [0.25, 0.3) is 11.5 Å². The number of carbonyl (C=O) groups excluding carboxylic acids is 3. The monoisotopic (exact) mass is 994 g/mol. The number of aryl methyl sites for hydroxylation is 3. The van der Waals surface area contributed by atoms with Gasteiger partial charge in [-0.05, 0) is 91.6 Å². The third-order valence-electron chi connectivity index (χ3n) is 12.9. The summed E-state index contributed by atoms with van der Waals surface area (Å²) in [6, 6.07) is 24.5. The third-order valence-corrected chi connectivity index (χ3v) is 13.8. The van der Waals surface area contributed by atoms with Gasteiger partial charge in [-0.15, -0.1) is 11.3 Å². The van der Waals surface area contributed by atoms with Crippen molar-refractivity contribution < 1.29 is 37.7 Å². The number of oxazole rings is 1. The maximum absolute atomic E-state index is 14.2. The third kappa shape index (κ3) is 11.6. The van der Waals surface area contributed by atoms with Gasteiger partial charge in [-0.25, -0.2) is 14.6 Å². The minimum absolute atomic E-state index is 0.140. The second-order valence-corrected chi connectivity index (χ2v) is 19.1. The van der Waals surface area contributed by atoms with Gasteiger partial charge in [0.2, 0.25) is 17.7 Å². The molecule has 2 aliphatic rings. The summed E-state index contributed by atoms with van der Waals surface area (Å²) in [5.74, 6) is 0.854. The molecule has 1 N–H and O–H groups in total. The molecule has 17 nitrogen and oxygen atoms in total. The van der Waals surface area contributed by atoms with E-state index in [1.54, 1.807) is 52.4 Å². The standard InChI is InChI=1S/C54H58N8O9S/c1-34(2)49(62-31-39-10-5-6-11-42(39)53(62)65)54(66)61-21-7-12-45(61)51(64)56-30-38-15-14-37(50-35(3)57-33-72-50)27-47(38)69-26-25-68-24-23-67-22-8-9-36-13-16-40(55-29-36)32-70-41-17-19-46-44(28-41)58-52(71-46)43-18-20-48(63)60(4)59-43/h5-6,10-11,13-20,27-29,33-34,45,49H,7-9,12,21-26,30-32H2,1-4H3,(H,56,64)/t45-,49?/m0/s1. The smallest absolute Gasteiger partial charge is 0.266 e. The number of nitrogens with one attached hydrogen (secondary N) is 1. The highest BCUT2D eigenvalue weighted by Gasteiger charge is 2.43. The average Bonchev–Trinajstić information content (AvgIpc) is 4.21. The molecule has 1 saturated heterocycles. The first-order valence-electron chi connectivity index (χ1n) is 24.3. The summed E-state index contributed by atoms with van der Waals surface area (Å²) < 4.78 is 31.1. The molecule has 18 heteroatoms. The van der Waals surface area contributed by atoms with Crippen LogP contribution >= 0.6 is 11.3 Å². The molecule has 1 fully saturated rings. The molecule has 0 spiro atoms. The molecule has 2 atom stereocenters. The summed E-state index contributed by atoms with van der Waals surface area (Å²) in [7, 11) is 1.58. The number of thiazole rings is 1. The predicted octanol–water partition coefficient (Wildman–Crippen LogP) is 7.33. The Bertz CT molecular complexity index is 3100. The van der Waals surface area contributed by atoms with E-state index in [2.05, 4.69) is 25.4 Å². The first kappa shape index (κ1) is 49.7. The van der Waals surface area contributed by atoms with Crippen LogP contribution in [0.2, 0.25) is 0 Å². The highest BCUT2D eigenvalue weighted by molar-refractivity contribution is 7.13. The van der Waals surface area contributed by atoms with Crippen molar-refractivity contribution >= 4 is 40.2 Å². The molecular weight excluding hydrogens is 937 g/mol. The maximum atomic E-state index is 14.2. The molecule has 2 aliphatic heterocycles. The zero-order chi connectivity index (χ0) is 50.1. The number of amides is 3. The van der Waals surface area contributed by atoms with Gasteiger partial charge in [-0.2, -0.15) is 5.10 Å². The largest absolute Gasteiger partial charge is 0.491 e. The number of hydrogen-bond donors (Lipinski definition) is 1. The molecular formula is C54H58N8O9S. The van der Waals surface area contributed by atoms with Gasteiger partial charge in [0.1, 0.15) is 48.0 Å². The second kappa shape index (κ2) is 22.9. The number of ether oxygens (including phenoxy) is 4. The van der Waals surface area contributed by atoms with Gasteiger partial charge in [0, 0.05) is 62.7 Å². The van der Waals surface area contributed by atoms with Crippen molar-refractivity contribution in [1.29, 1.82) is 0 Å². The lowest BCUT2D eigenvalue weighted by Gasteiger charge is -2.35. The van der Waals surface area contributed by atoms with Gasteiger partial charge in [0.05, 0.1) is 41.6 Å². The highest BCUT2D eigenvalue weighted by atomic mass is 32.1. The number of benzene rings is 3. The number of rotatable bonds is 22. The summed E-state index contributed by atoms with van der Waals surface area (Å²) in [4.78, 5) is 71.1. The first-order chi connectivity index (χ1) is 35.0. The minimum Gasteiger partial charge on any atom is -0.491 e. The van der Waals surface area contributed by atoms with E-state index in [0.29, 0.717) is 92.1 Å². The quantitative estimate of drug-likeness (QED) is 0.0665. The van der Waals surface area contributed by atoms with Crippen LogP contribution < -0.4 is 20.3 Å². The van der Waals surface area contributed by atoms with Gasteiger partial charge >= 0.3 is 0 Å². The van der Waals surface area contributed by atoms with Gasteiger partial charge in [-0.3, -0.25) is 24.2 Å². The number of aromatic nitrogens is 5. The van der Waals surface area contributed by atoms with Crippen LogP contribution in [0.1, 0.15) is 71.5 Å². The summed E-state index contributed by atoms with van der Waals surface area (Å²) in [6.07, 6.45) is 4.74. The number of hydrogen-bond acceptors (Lipinski definition) is 14. The van der Waals surface area contributed by atoms with Gasteiger partial charge in [0.15, 0.2) is 5.58 Å². The van der Waals surface area contributed by atoms with E-state index in [9.17, 15) is 19.2 Å². The normalized spacial score (nSPS) is 14.8. The summed E-state index contributed by atoms with van der Waals surface area (Å²) in [6.45, 7) is 9.24. The fraction of sp³-hybridized carbons (Fsp3) is 0.370. The van der Waals surface area contributed by atoms with Crippen LogP contribution in [0.4, 0.5) is 0 Å². The molecule has 374 valence electrons. The van der Waals surface area contributed by atoms with E-state index in [-0.39, 0.29) is 49.0 Å². The Morgan fingerprint density at radius 1 is 0.917 bits per heavy atom. The fourth-order valence-corrected chi connectivity index (χ4v) is 9.89. The van der Waals surface area contributed by atoms with Crippen LogP contribution in [0.3, 0.4) is 0 Å². The van der Waals surface area contributed by atoms with Crippen LogP contribution in [0.25, 0.3) is 33.1 Å². The minimum atomic E-state index is -0.677. The summed E-state index contributed by atoms with van der Waals surface area (Å²) >= 11 is 1.55. The van der Waals surface area contributed by atoms with E-state index in [1.807, 2.05) is 87.1 Å². The Morgan fingerprint density at radius 2 is 1.75 bits per heavy atom. The molecule has 0 bridgehead atoms. The molecule has 3 amide bonds. The Kier molecular flexibility index (Phi) is 15.8. The van der Waals surface area contributed by atoms with E-state index in [1.165, 1.54) is 10.7 Å². The first-order valence-corrected chi connectivity index (χ1v) is 25.2. The zero-order valence-corrected chi connectivity index (χ0v) is 41.7. The Labute approximate surface area is 421 Å². The van der Waals surface area contributed by atoms with Crippen LogP contribution in [-0.2, 0) is 52.2 Å². The number of nitrogens with zero attached hydrogens (tertiary/aromatic N) is 7. The maximum Gasteiger partial charge on any atom is 0.266 e. The highest BCUT2D eigenvalue weighted by Crippen LogP contribution is 2.34. The lowest BCUT2D eigenvalue weighted by Crippen LogP contribution is -2.55. The van der Waals surface area contributed by atoms with E-state index >= 15 is 0 Å². The molecule has 4 aromatic heterocycles. The van der Waals surface area contributed by atoms with Crippen LogP contribution in [0.5, 0.6) is 11.5 Å². The average molecular weight is 995 g/mol. The lowest BCUT2D eigenvalue weighted by molar-refractivity contribution is -0.143. The van der Waals surface area contributed by atoms with Crippen molar-refractivity contribution in [2.75, 3.05) is 39.6 Å². The topological polar surface area (TPSA) is 193 Å². The molecule has 7 aromatic rings. The van der Waals surface area contributed by atoms with Crippen LogP contribution in [-0.4, -0.2) is 104 Å². The lowest BCUT2D eigenvalue weighted by atomic mass is 10.0. The fourth-order valence-electron chi connectivity index (χ4n) is 9.09. The van der Waals surface area contributed by atoms with Crippen molar-refractivity contribution in [2.24, 2.45) is 13.0 Å². The number of fused-ring (bicyclic) bond motifs is 2. The van der Waals surface area contributed by atoms with Crippen molar-refractivity contribution in [2.45, 2.75) is 78.2 Å². The van der Waals surface area contributed by atoms with Gasteiger partial charge in [-0.1, -0.05) is 50.2 Å². The predicted molar refractivity (Wildman–Crippen MR) is 270 cm³/mol. The van der Waals surface area contributed by atoms with Crippen molar-refractivity contribution in [1.82, 2.24) is 39.8 Å². The Morgan fingerprint density at radius 3 is 2.53 bits per heavy atom. The van der Waals surface area contributed by atoms with Crippen molar-refractivity contribution in [3.8, 4) is 33.5 Å². The molecule has 3 aromatic carbocycles. The van der Waals surface area contributed by atoms with E-state index < -0.39 is 12.1 Å². The van der Waals surface area contributed by atoms with Gasteiger partial charge < -0.3 is 38.5 Å². The number of carbonyl (C=O) groups is 3. The zero-order valence-electron chi connectivity index (χ0n) is 40.9. The molecule has 0 radical (unpaired) electrons. The molecule has 9 rings (SSSR count). The molecule has 1 unspecified atom stereocenters. The summed E-state index contributed by atoms with van der Waals surface area (Å²) in [5.41, 5.74) is 9.37. The van der Waals surface area contributed by atoms with E-state index in [4.69, 9.17) is 23.4 Å². The van der Waals surface area contributed by atoms with Crippen LogP contribution in [0.15, 0.2) is 106 Å². The number of likely N-dealkylation sites (tertiary alicyclic amines) is 1. The molecule has 0 aliphatic carbocycles. The van der Waals surface area contributed by atoms with Crippen LogP contribution in [0, 0.1) is 12.8 Å². The van der Waals surface area contributed by atoms with Crippen molar-refractivity contribution in [3.05, 3.63) is 141 Å². The summed E-state index contributed by atoms with van der Waals surface area (Å²) in [5, 5.41) is 7.30. The molecule has 72 heavy (non-hydrogen) atoms.